The van der Waals surface area contributed by atoms with Crippen LogP contribution in [0.2, 0.25) is 0 Å². The van der Waals surface area contributed by atoms with E-state index in [1.54, 1.807) is 12.1 Å². The van der Waals surface area contributed by atoms with Crippen LogP contribution in [0.4, 0.5) is 8.78 Å². The van der Waals surface area contributed by atoms with Crippen LogP contribution in [0.3, 0.4) is 0 Å². The number of unbranched alkanes of at least 4 members (excludes halogenated alkanes) is 2. The summed E-state index contributed by atoms with van der Waals surface area (Å²) in [5.41, 5.74) is 1.35. The first-order valence-electron chi connectivity index (χ1n) is 17.7. The fourth-order valence-corrected chi connectivity index (χ4v) is 6.54. The van der Waals surface area contributed by atoms with Gasteiger partial charge in [-0.25, -0.2) is 28.8 Å². The van der Waals surface area contributed by atoms with Gasteiger partial charge in [0.1, 0.15) is 35.3 Å². The smallest absolute Gasteiger partial charge is 0.154 e. The summed E-state index contributed by atoms with van der Waals surface area (Å²) in [6.45, 7) is 11.1. The van der Waals surface area contributed by atoms with Gasteiger partial charge in [-0.05, 0) is 42.7 Å². The van der Waals surface area contributed by atoms with Gasteiger partial charge in [-0.15, -0.1) is 0 Å². The molecule has 5 unspecified atom stereocenters. The van der Waals surface area contributed by atoms with E-state index in [9.17, 15) is 8.78 Å². The van der Waals surface area contributed by atoms with E-state index in [-0.39, 0.29) is 30.0 Å². The Morgan fingerprint density at radius 1 is 0.776 bits per heavy atom. The first-order valence-corrected chi connectivity index (χ1v) is 17.7. The Labute approximate surface area is 289 Å². The van der Waals surface area contributed by atoms with Crippen molar-refractivity contribution in [3.63, 3.8) is 0 Å². The molecule has 1 aliphatic carbocycles. The number of amidine groups is 2. The molecule has 0 spiro atoms. The monoisotopic (exact) mass is 672 g/mol. The molecule has 0 saturated heterocycles. The van der Waals surface area contributed by atoms with Crippen LogP contribution in [0.25, 0.3) is 0 Å². The average molecular weight is 673 g/mol. The predicted molar refractivity (Wildman–Crippen MR) is 194 cm³/mol. The Morgan fingerprint density at radius 3 is 1.90 bits per heavy atom. The van der Waals surface area contributed by atoms with Gasteiger partial charge in [0.2, 0.25) is 0 Å². The Hall–Kier alpha value is -4.48. The van der Waals surface area contributed by atoms with Gasteiger partial charge in [0.25, 0.3) is 0 Å². The summed E-state index contributed by atoms with van der Waals surface area (Å²) in [4.78, 5) is 10.0. The molecule has 5 atom stereocenters. The third-order valence-corrected chi connectivity index (χ3v) is 9.59. The van der Waals surface area contributed by atoms with Crippen molar-refractivity contribution < 1.29 is 8.78 Å². The highest BCUT2D eigenvalue weighted by Crippen LogP contribution is 2.32. The van der Waals surface area contributed by atoms with Crippen LogP contribution in [0.5, 0.6) is 0 Å². The lowest BCUT2D eigenvalue weighted by molar-refractivity contribution is 0.217. The van der Waals surface area contributed by atoms with E-state index in [0.717, 1.165) is 61.2 Å². The van der Waals surface area contributed by atoms with Crippen molar-refractivity contribution in [2.75, 3.05) is 19.6 Å². The second-order valence-corrected chi connectivity index (χ2v) is 13.9. The van der Waals surface area contributed by atoms with Gasteiger partial charge in [0.05, 0.1) is 0 Å². The number of hydrogen-bond acceptors (Lipinski definition) is 10. The van der Waals surface area contributed by atoms with Gasteiger partial charge in [0.15, 0.2) is 12.3 Å². The number of rotatable bonds is 14. The highest BCUT2D eigenvalue weighted by Gasteiger charge is 2.38. The summed E-state index contributed by atoms with van der Waals surface area (Å²) in [6.07, 6.45) is 15.7. The second-order valence-electron chi connectivity index (χ2n) is 13.9. The molecule has 5 aliphatic rings. The number of nitrogens with zero attached hydrogens (tertiary/aromatic N) is 6. The number of fused-ring (bicyclic) bond motifs is 2. The molecule has 1 aromatic rings. The van der Waals surface area contributed by atoms with Gasteiger partial charge in [-0.2, -0.15) is 10.2 Å². The summed E-state index contributed by atoms with van der Waals surface area (Å²) in [5, 5.41) is 27.0. The van der Waals surface area contributed by atoms with Crippen LogP contribution in [0, 0.1) is 29.5 Å². The van der Waals surface area contributed by atoms with Gasteiger partial charge >= 0.3 is 0 Å². The topological polar surface area (TPSA) is 104 Å². The van der Waals surface area contributed by atoms with Crippen molar-refractivity contribution in [3.8, 4) is 0 Å². The third-order valence-electron chi connectivity index (χ3n) is 9.59. The highest BCUT2D eigenvalue weighted by molar-refractivity contribution is 5.95. The normalized spacial score (nSPS) is 25.5. The Bertz CT molecular complexity index is 1570. The summed E-state index contributed by atoms with van der Waals surface area (Å²) in [7, 11) is 0. The van der Waals surface area contributed by atoms with E-state index in [4.69, 9.17) is 9.98 Å². The highest BCUT2D eigenvalue weighted by atomic mass is 19.1. The van der Waals surface area contributed by atoms with Crippen LogP contribution >= 0.6 is 0 Å². The molecule has 49 heavy (non-hydrogen) atoms. The van der Waals surface area contributed by atoms with Gasteiger partial charge in [-0.3, -0.25) is 0 Å². The minimum Gasteiger partial charge on any atom is -0.370 e. The van der Waals surface area contributed by atoms with Crippen LogP contribution < -0.4 is 21.3 Å². The molecule has 4 heterocycles. The summed E-state index contributed by atoms with van der Waals surface area (Å²) < 4.78 is 28.7. The standard InChI is InChI=1S/C37H50F2N10/c1-24(2)28-22-44-48-34(42-20-26-12-6-8-14-30(26)38)18-32(46-36(28)48)40-16-10-5-11-17-41-33-19-35(43-21-27-13-7-9-15-31(27)39)49-37(47-33)29(23-45-49)25(3)4/h6-9,12-14,18-19,22-25,28-29,31,36-37,42-43H,5,10-11,15-17,20-21H2,1-4H3,(H,40,46)(H,41,47). The van der Waals surface area contributed by atoms with Gasteiger partial charge in [0, 0.05) is 74.6 Å². The molecule has 0 amide bonds. The maximum absolute atomic E-state index is 14.4. The molecule has 0 fully saturated rings. The molecule has 10 nitrogen and oxygen atoms in total. The molecule has 0 aromatic heterocycles. The van der Waals surface area contributed by atoms with Gasteiger partial charge < -0.3 is 21.3 Å². The maximum atomic E-state index is 14.4. The molecule has 0 bridgehead atoms. The van der Waals surface area contributed by atoms with Crippen molar-refractivity contribution in [2.45, 2.75) is 78.4 Å². The summed E-state index contributed by atoms with van der Waals surface area (Å²) in [5.74, 6) is 4.22. The number of benzene rings is 1. The zero-order valence-corrected chi connectivity index (χ0v) is 29.0. The Balaban J connectivity index is 0.994. The number of allylic oxidation sites excluding steroid dienone is 3. The van der Waals surface area contributed by atoms with E-state index in [1.807, 2.05) is 58.9 Å². The first kappa shape index (κ1) is 34.4. The largest absolute Gasteiger partial charge is 0.370 e. The summed E-state index contributed by atoms with van der Waals surface area (Å²) in [6, 6.07) is 6.81. The lowest BCUT2D eigenvalue weighted by Crippen LogP contribution is -2.43. The molecule has 6 rings (SSSR count). The maximum Gasteiger partial charge on any atom is 0.154 e. The van der Waals surface area contributed by atoms with Crippen LogP contribution in [0.15, 0.2) is 92.0 Å². The molecular formula is C37H50F2N10. The predicted octanol–water partition coefficient (Wildman–Crippen LogP) is 5.39. The molecule has 1 aromatic carbocycles. The number of aliphatic imine (C=N–C) groups is 2. The average Bonchev–Trinajstić information content (AvgIpc) is 3.72. The second kappa shape index (κ2) is 15.8. The van der Waals surface area contributed by atoms with Crippen molar-refractivity contribution in [1.29, 1.82) is 0 Å². The van der Waals surface area contributed by atoms with Crippen molar-refractivity contribution >= 4 is 24.1 Å². The van der Waals surface area contributed by atoms with E-state index in [2.05, 4.69) is 59.2 Å². The van der Waals surface area contributed by atoms with Crippen LogP contribution in [-0.2, 0) is 6.54 Å². The Kier molecular flexibility index (Phi) is 11.1. The lowest BCUT2D eigenvalue weighted by atomic mass is 9.94. The number of hydrazone groups is 2. The van der Waals surface area contributed by atoms with Crippen LogP contribution in [-0.4, -0.2) is 72.3 Å². The minimum absolute atomic E-state index is 0.118. The number of hydrogen-bond donors (Lipinski definition) is 4. The van der Waals surface area contributed by atoms with Crippen molar-refractivity contribution in [2.24, 2.45) is 43.9 Å². The molecule has 0 saturated carbocycles. The molecule has 262 valence electrons. The molecular weight excluding hydrogens is 622 g/mol. The molecule has 4 aliphatic heterocycles. The summed E-state index contributed by atoms with van der Waals surface area (Å²) >= 11 is 0. The third kappa shape index (κ3) is 8.22. The fourth-order valence-electron chi connectivity index (χ4n) is 6.54. The SMILES string of the molecule is CC(C)C1C=NN2C(NCC3=CC=CCC3F)=CC(NCCCCCNC3=NC4C(C(C)C)C=NN4C(NCc4ccccc4F)=C3)=NC12. The fraction of sp³-hybridized carbons (Fsp3) is 0.514. The van der Waals surface area contributed by atoms with Crippen LogP contribution in [0.1, 0.15) is 58.9 Å². The van der Waals surface area contributed by atoms with E-state index < -0.39 is 6.17 Å². The molecule has 0 radical (unpaired) electrons. The van der Waals surface area contributed by atoms with E-state index in [0.29, 0.717) is 36.9 Å². The quantitative estimate of drug-likeness (QED) is 0.198. The number of nitrogens with one attached hydrogen (secondary N) is 4. The van der Waals surface area contributed by atoms with E-state index in [1.165, 1.54) is 6.07 Å². The zero-order chi connectivity index (χ0) is 34.3. The molecule has 12 heteroatoms. The van der Waals surface area contributed by atoms with Crippen molar-refractivity contribution in [3.05, 3.63) is 83.2 Å². The van der Waals surface area contributed by atoms with Crippen molar-refractivity contribution in [1.82, 2.24) is 31.3 Å². The zero-order valence-electron chi connectivity index (χ0n) is 29.0. The minimum atomic E-state index is -0.961. The molecule has 4 N–H and O–H groups in total. The number of halogens is 2. The number of alkyl halides is 1. The first-order chi connectivity index (χ1) is 23.8. The Morgan fingerprint density at radius 2 is 1.35 bits per heavy atom. The lowest BCUT2D eigenvalue weighted by Gasteiger charge is -2.32. The van der Waals surface area contributed by atoms with E-state index >= 15 is 0 Å². The van der Waals surface area contributed by atoms with Gasteiger partial charge in [-0.1, -0.05) is 64.1 Å².